The largest absolute Gasteiger partial charge is 1.00 e. The molecule has 3 aromatic rings. The first kappa shape index (κ1) is 17.4. The number of nitrogens with one attached hydrogen (secondary N) is 1. The van der Waals surface area contributed by atoms with E-state index in [9.17, 15) is 0 Å². The van der Waals surface area contributed by atoms with Crippen molar-refractivity contribution < 1.29 is 17.0 Å². The van der Waals surface area contributed by atoms with Crippen molar-refractivity contribution in [3.05, 3.63) is 54.9 Å². The zero-order valence-electron chi connectivity index (χ0n) is 13.3. The topological polar surface area (TPSA) is 41.0 Å². The number of para-hydroxylation sites is 1. The smallest absolute Gasteiger partial charge is 0.0731 e. The lowest BCUT2D eigenvalue weighted by atomic mass is 10.1. The fraction of sp³-hybridized carbons (Fsp3) is 0.222. The zero-order valence-corrected chi connectivity index (χ0v) is 14.9. The molecule has 5 heteroatoms. The Morgan fingerprint density at radius 1 is 1.04 bits per heavy atom. The monoisotopic (exact) mass is 371 g/mol. The van der Waals surface area contributed by atoms with Crippen LogP contribution in [0, 0.1) is 0 Å². The molecule has 0 unspecified atom stereocenters. The maximum absolute atomic E-state index is 4.77. The summed E-state index contributed by atoms with van der Waals surface area (Å²) in [6, 6.07) is 14.3. The number of halogens is 1. The molecule has 120 valence electrons. The molecule has 3 rings (SSSR count). The van der Waals surface area contributed by atoms with E-state index in [0.29, 0.717) is 0 Å². The van der Waals surface area contributed by atoms with Crippen molar-refractivity contribution in [3.63, 3.8) is 0 Å². The van der Waals surface area contributed by atoms with Crippen molar-refractivity contribution in [2.45, 2.75) is 0 Å². The third kappa shape index (κ3) is 4.27. The number of hydrogen-bond acceptors (Lipinski definition) is 4. The Labute approximate surface area is 147 Å². The first-order chi connectivity index (χ1) is 10.7. The molecular weight excluding hydrogens is 352 g/mol. The molecule has 0 aliphatic heterocycles. The van der Waals surface area contributed by atoms with Crippen molar-refractivity contribution >= 4 is 16.6 Å². The van der Waals surface area contributed by atoms with Gasteiger partial charge in [0.2, 0.25) is 0 Å². The third-order valence-electron chi connectivity index (χ3n) is 3.57. The highest BCUT2D eigenvalue weighted by atomic mass is 79.9. The molecule has 1 aromatic carbocycles. The molecule has 0 aliphatic rings. The summed E-state index contributed by atoms with van der Waals surface area (Å²) in [4.78, 5) is 11.0. The molecule has 23 heavy (non-hydrogen) atoms. The molecule has 0 fully saturated rings. The lowest BCUT2D eigenvalue weighted by molar-refractivity contribution is -0.00000458. The van der Waals surface area contributed by atoms with Gasteiger partial charge in [0.1, 0.15) is 0 Å². The molecule has 2 aromatic heterocycles. The van der Waals surface area contributed by atoms with Gasteiger partial charge in [-0.3, -0.25) is 4.98 Å². The van der Waals surface area contributed by atoms with Crippen LogP contribution >= 0.6 is 0 Å². The maximum Gasteiger partial charge on any atom is 0.0731 e. The summed E-state index contributed by atoms with van der Waals surface area (Å²) in [5, 5.41) is 4.68. The quantitative estimate of drug-likeness (QED) is 0.699. The molecule has 0 amide bonds. The summed E-state index contributed by atoms with van der Waals surface area (Å²) in [5.74, 6) is 0. The first-order valence-electron chi connectivity index (χ1n) is 7.43. The highest BCUT2D eigenvalue weighted by Crippen LogP contribution is 2.27. The van der Waals surface area contributed by atoms with Gasteiger partial charge in [0.25, 0.3) is 0 Å². The van der Waals surface area contributed by atoms with Crippen molar-refractivity contribution in [2.75, 3.05) is 32.5 Å². The Balaban J connectivity index is 0.00000192. The van der Waals surface area contributed by atoms with Crippen molar-refractivity contribution in [3.8, 4) is 11.3 Å². The number of rotatable bonds is 5. The molecule has 0 bridgehead atoms. The molecule has 0 aliphatic carbocycles. The Morgan fingerprint density at radius 3 is 2.52 bits per heavy atom. The zero-order chi connectivity index (χ0) is 15.4. The van der Waals surface area contributed by atoms with Crippen LogP contribution in [0.3, 0.4) is 0 Å². The Bertz CT molecular complexity index is 759. The van der Waals surface area contributed by atoms with Crippen LogP contribution in [0.25, 0.3) is 22.2 Å². The number of nitrogens with zero attached hydrogens (tertiary/aromatic N) is 3. The molecule has 0 saturated heterocycles. The predicted octanol–water partition coefficient (Wildman–Crippen LogP) is 0.274. The lowest BCUT2D eigenvalue weighted by Crippen LogP contribution is -3.00. The van der Waals surface area contributed by atoms with Crippen molar-refractivity contribution in [1.29, 1.82) is 0 Å². The maximum atomic E-state index is 4.77. The summed E-state index contributed by atoms with van der Waals surface area (Å²) in [6.07, 6.45) is 3.59. The number of likely N-dealkylation sites (N-methyl/N-ethyl adjacent to an activating group) is 1. The number of hydrogen-bond donors (Lipinski definition) is 1. The number of pyridine rings is 2. The summed E-state index contributed by atoms with van der Waals surface area (Å²) >= 11 is 0. The standard InChI is InChI=1S/C18H20N4.BrH/c1-22(2)12-11-20-18-13-17(14-7-9-19-10-8-14)21-16-6-4-3-5-15(16)18;/h3-10,13H,11-12H2,1-2H3,(H,20,21);1H/p-1. The molecule has 0 spiro atoms. The van der Waals surface area contributed by atoms with Gasteiger partial charge in [-0.1, -0.05) is 18.2 Å². The average molecular weight is 372 g/mol. The molecule has 1 N–H and O–H groups in total. The van der Waals surface area contributed by atoms with E-state index in [0.717, 1.165) is 40.9 Å². The van der Waals surface area contributed by atoms with Gasteiger partial charge in [0, 0.05) is 42.1 Å². The Kier molecular flexibility index (Phi) is 6.07. The number of fused-ring (bicyclic) bond motifs is 1. The van der Waals surface area contributed by atoms with E-state index in [1.165, 1.54) is 0 Å². The second-order valence-electron chi connectivity index (χ2n) is 5.54. The fourth-order valence-corrected chi connectivity index (χ4v) is 2.41. The average Bonchev–Trinajstić information content (AvgIpc) is 2.55. The minimum absolute atomic E-state index is 0. The van der Waals surface area contributed by atoms with Gasteiger partial charge < -0.3 is 27.2 Å². The van der Waals surface area contributed by atoms with Crippen molar-refractivity contribution in [2.24, 2.45) is 0 Å². The summed E-state index contributed by atoms with van der Waals surface area (Å²) in [6.45, 7) is 1.89. The molecule has 2 heterocycles. The van der Waals surface area contributed by atoms with Crippen LogP contribution in [0.4, 0.5) is 5.69 Å². The van der Waals surface area contributed by atoms with Gasteiger partial charge in [-0.25, -0.2) is 4.98 Å². The highest BCUT2D eigenvalue weighted by molar-refractivity contribution is 5.93. The fourth-order valence-electron chi connectivity index (χ4n) is 2.41. The number of aromatic nitrogens is 2. The van der Waals surface area contributed by atoms with Gasteiger partial charge in [0.15, 0.2) is 0 Å². The molecule has 0 saturated carbocycles. The first-order valence-corrected chi connectivity index (χ1v) is 7.43. The Morgan fingerprint density at radius 2 is 1.78 bits per heavy atom. The van der Waals surface area contributed by atoms with E-state index in [2.05, 4.69) is 47.5 Å². The van der Waals surface area contributed by atoms with Crippen LogP contribution in [0.1, 0.15) is 0 Å². The van der Waals surface area contributed by atoms with Gasteiger partial charge in [-0.2, -0.15) is 0 Å². The third-order valence-corrected chi connectivity index (χ3v) is 3.57. The van der Waals surface area contributed by atoms with E-state index >= 15 is 0 Å². The SMILES string of the molecule is CN(C)CCNc1cc(-c2ccncc2)nc2ccccc12.[Br-]. The summed E-state index contributed by atoms with van der Waals surface area (Å²) in [5.41, 5.74) is 4.17. The minimum Gasteiger partial charge on any atom is -1.00 e. The van der Waals surface area contributed by atoms with Crippen LogP contribution in [0.5, 0.6) is 0 Å². The van der Waals surface area contributed by atoms with E-state index < -0.39 is 0 Å². The molecular formula is C18H20BrN4-. The second-order valence-corrected chi connectivity index (χ2v) is 5.54. The van der Waals surface area contributed by atoms with Crippen LogP contribution in [0.15, 0.2) is 54.9 Å². The van der Waals surface area contributed by atoms with Crippen LogP contribution < -0.4 is 22.3 Å². The van der Waals surface area contributed by atoms with E-state index in [4.69, 9.17) is 4.98 Å². The normalized spacial score (nSPS) is 10.6. The van der Waals surface area contributed by atoms with Crippen LogP contribution in [0.2, 0.25) is 0 Å². The van der Waals surface area contributed by atoms with Gasteiger partial charge in [0.05, 0.1) is 11.2 Å². The summed E-state index contributed by atoms with van der Waals surface area (Å²) < 4.78 is 0. The number of anilines is 1. The van der Waals surface area contributed by atoms with Gasteiger partial charge >= 0.3 is 0 Å². The van der Waals surface area contributed by atoms with Crippen molar-refractivity contribution in [1.82, 2.24) is 14.9 Å². The molecule has 4 nitrogen and oxygen atoms in total. The number of benzene rings is 1. The van der Waals surface area contributed by atoms with Crippen LogP contribution in [-0.4, -0.2) is 42.1 Å². The molecule has 0 radical (unpaired) electrons. The van der Waals surface area contributed by atoms with Gasteiger partial charge in [-0.15, -0.1) is 0 Å². The minimum atomic E-state index is 0. The van der Waals surface area contributed by atoms with E-state index in [1.54, 1.807) is 12.4 Å². The van der Waals surface area contributed by atoms with E-state index in [1.807, 2.05) is 24.3 Å². The lowest BCUT2D eigenvalue weighted by Gasteiger charge is -2.14. The van der Waals surface area contributed by atoms with Crippen LogP contribution in [-0.2, 0) is 0 Å². The predicted molar refractivity (Wildman–Crippen MR) is 92.0 cm³/mol. The van der Waals surface area contributed by atoms with Gasteiger partial charge in [-0.05, 0) is 38.4 Å². The second kappa shape index (κ2) is 8.04. The Hall–Kier alpha value is -1.98. The highest BCUT2D eigenvalue weighted by Gasteiger charge is 2.07. The van der Waals surface area contributed by atoms with E-state index in [-0.39, 0.29) is 17.0 Å². The summed E-state index contributed by atoms with van der Waals surface area (Å²) in [7, 11) is 4.16. The molecule has 0 atom stereocenters.